The number of halogens is 3. The highest BCUT2D eigenvalue weighted by atomic mass is 19.4. The zero-order chi connectivity index (χ0) is 18.9. The number of hydrogen-bond acceptors (Lipinski definition) is 5. The fourth-order valence-corrected chi connectivity index (χ4v) is 3.27. The summed E-state index contributed by atoms with van der Waals surface area (Å²) in [6.07, 6.45) is 0.322. The van der Waals surface area contributed by atoms with Gasteiger partial charge in [0.2, 0.25) is 0 Å². The number of anilines is 1. The Kier molecular flexibility index (Phi) is 4.88. The van der Waals surface area contributed by atoms with E-state index in [0.717, 1.165) is 18.2 Å². The minimum atomic E-state index is -4.95. The maximum atomic E-state index is 12.2. The van der Waals surface area contributed by atoms with Crippen molar-refractivity contribution in [3.8, 4) is 0 Å². The summed E-state index contributed by atoms with van der Waals surface area (Å²) >= 11 is 0. The lowest BCUT2D eigenvalue weighted by molar-refractivity contribution is -0.201. The Morgan fingerprint density at radius 2 is 2.00 bits per heavy atom. The number of nitrogen functional groups attached to an aromatic ring is 1. The van der Waals surface area contributed by atoms with E-state index in [1.165, 1.54) is 0 Å². The second kappa shape index (κ2) is 6.97. The molecule has 1 aliphatic carbocycles. The molecule has 1 heterocycles. The molecule has 0 spiro atoms. The van der Waals surface area contributed by atoms with E-state index in [9.17, 15) is 22.8 Å². The lowest BCUT2D eigenvalue weighted by Gasteiger charge is -2.28. The first-order valence-corrected chi connectivity index (χ1v) is 8.25. The topological polar surface area (TPSA) is 87.2 Å². The molecule has 2 aromatic rings. The molecule has 6 nitrogen and oxygen atoms in total. The van der Waals surface area contributed by atoms with Crippen LogP contribution in [0, 0.1) is 5.92 Å². The van der Waals surface area contributed by atoms with E-state index in [-0.39, 0.29) is 18.6 Å². The van der Waals surface area contributed by atoms with E-state index >= 15 is 0 Å². The van der Waals surface area contributed by atoms with Crippen LogP contribution >= 0.6 is 0 Å². The summed E-state index contributed by atoms with van der Waals surface area (Å²) in [6.45, 7) is -0.217. The highest BCUT2D eigenvalue weighted by molar-refractivity contribution is 5.93. The van der Waals surface area contributed by atoms with Gasteiger partial charge in [-0.2, -0.15) is 18.3 Å². The van der Waals surface area contributed by atoms with Gasteiger partial charge in [-0.05, 0) is 43.7 Å². The fraction of sp³-hybridized carbons (Fsp3) is 0.471. The number of esters is 1. The molecule has 0 unspecified atom stereocenters. The van der Waals surface area contributed by atoms with E-state index in [1.807, 2.05) is 10.9 Å². The number of carbonyl (C=O) groups excluding carboxylic acids is 2. The van der Waals surface area contributed by atoms with Gasteiger partial charge in [-0.3, -0.25) is 9.48 Å². The molecule has 26 heavy (non-hydrogen) atoms. The summed E-state index contributed by atoms with van der Waals surface area (Å²) in [4.78, 5) is 21.7. The van der Waals surface area contributed by atoms with Gasteiger partial charge in [-0.1, -0.05) is 0 Å². The normalized spacial score (nSPS) is 20.9. The highest BCUT2D eigenvalue weighted by Crippen LogP contribution is 2.33. The number of ether oxygens (including phenoxy) is 1. The zero-order valence-electron chi connectivity index (χ0n) is 13.8. The summed E-state index contributed by atoms with van der Waals surface area (Å²) < 4.78 is 42.6. The van der Waals surface area contributed by atoms with Crippen LogP contribution in [0.3, 0.4) is 0 Å². The van der Waals surface area contributed by atoms with Crippen molar-refractivity contribution in [2.75, 3.05) is 12.3 Å². The molecule has 140 valence electrons. The Morgan fingerprint density at radius 1 is 1.31 bits per heavy atom. The van der Waals surface area contributed by atoms with Crippen LogP contribution in [-0.2, 0) is 9.53 Å². The largest absolute Gasteiger partial charge is 0.490 e. The highest BCUT2D eigenvalue weighted by Gasteiger charge is 2.41. The number of nitrogens with zero attached hydrogens (tertiary/aromatic N) is 2. The van der Waals surface area contributed by atoms with Crippen LogP contribution in [0.1, 0.15) is 42.1 Å². The fourth-order valence-electron chi connectivity index (χ4n) is 3.27. The van der Waals surface area contributed by atoms with E-state index in [1.54, 1.807) is 12.1 Å². The monoisotopic (exact) mass is 369 g/mol. The summed E-state index contributed by atoms with van der Waals surface area (Å²) in [5, 5.41) is 5.31. The first-order chi connectivity index (χ1) is 12.3. The van der Waals surface area contributed by atoms with Gasteiger partial charge in [0.05, 0.1) is 18.2 Å². The number of hydrogen-bond donors (Lipinski definition) is 1. The summed E-state index contributed by atoms with van der Waals surface area (Å²) in [7, 11) is 0. The molecule has 9 heteroatoms. The molecule has 0 radical (unpaired) electrons. The Labute approximate surface area is 147 Å². The van der Waals surface area contributed by atoms with Crippen LogP contribution in [0.2, 0.25) is 0 Å². The van der Waals surface area contributed by atoms with Crippen LogP contribution in [0.5, 0.6) is 0 Å². The Hall–Kier alpha value is -2.58. The Bertz CT molecular complexity index is 824. The molecular formula is C17H18F3N3O3. The number of benzene rings is 1. The molecule has 1 aromatic carbocycles. The Balaban J connectivity index is 1.60. The summed E-state index contributed by atoms with van der Waals surface area (Å²) in [5.74, 6) is -2.22. The lowest BCUT2D eigenvalue weighted by atomic mass is 9.86. The molecule has 0 bridgehead atoms. The molecule has 3 rings (SSSR count). The third-order valence-electron chi connectivity index (χ3n) is 4.73. The van der Waals surface area contributed by atoms with Gasteiger partial charge in [-0.25, -0.2) is 4.79 Å². The van der Waals surface area contributed by atoms with Crippen molar-refractivity contribution in [1.29, 1.82) is 0 Å². The number of rotatable bonds is 4. The predicted molar refractivity (Wildman–Crippen MR) is 87.5 cm³/mol. The van der Waals surface area contributed by atoms with E-state index in [2.05, 4.69) is 9.84 Å². The van der Waals surface area contributed by atoms with Crippen LogP contribution in [0.15, 0.2) is 18.3 Å². The molecule has 1 aromatic heterocycles. The first-order valence-electron chi connectivity index (χ1n) is 8.25. The van der Waals surface area contributed by atoms with Crippen LogP contribution in [-0.4, -0.2) is 34.8 Å². The molecule has 0 saturated heterocycles. The van der Waals surface area contributed by atoms with Gasteiger partial charge in [-0.15, -0.1) is 0 Å². The third kappa shape index (κ3) is 3.81. The number of aldehydes is 1. The first kappa shape index (κ1) is 18.2. The van der Waals surface area contributed by atoms with Gasteiger partial charge in [0.1, 0.15) is 0 Å². The summed E-state index contributed by atoms with van der Waals surface area (Å²) in [5.41, 5.74) is 7.25. The lowest BCUT2D eigenvalue weighted by Crippen LogP contribution is -2.29. The number of fused-ring (bicyclic) bond motifs is 1. The predicted octanol–water partition coefficient (Wildman–Crippen LogP) is 3.27. The SMILES string of the molecule is Nc1cc2cn(C3CCC(COC(=O)C(F)(F)F)CC3)nc2cc1C=O. The maximum absolute atomic E-state index is 12.2. The zero-order valence-corrected chi connectivity index (χ0v) is 13.8. The van der Waals surface area contributed by atoms with Gasteiger partial charge in [0.15, 0.2) is 6.29 Å². The number of aromatic nitrogens is 2. The molecule has 1 fully saturated rings. The molecule has 0 amide bonds. The molecule has 1 saturated carbocycles. The molecule has 2 N–H and O–H groups in total. The maximum Gasteiger partial charge on any atom is 0.490 e. The van der Waals surface area contributed by atoms with Gasteiger partial charge >= 0.3 is 12.1 Å². The van der Waals surface area contributed by atoms with Crippen molar-refractivity contribution in [1.82, 2.24) is 9.78 Å². The van der Waals surface area contributed by atoms with Crippen molar-refractivity contribution in [3.63, 3.8) is 0 Å². The van der Waals surface area contributed by atoms with Crippen molar-refractivity contribution in [3.05, 3.63) is 23.9 Å². The quantitative estimate of drug-likeness (QED) is 0.508. The average molecular weight is 369 g/mol. The third-order valence-corrected chi connectivity index (χ3v) is 4.73. The minimum Gasteiger partial charge on any atom is -0.459 e. The van der Waals surface area contributed by atoms with Gasteiger partial charge in [0, 0.05) is 22.8 Å². The smallest absolute Gasteiger partial charge is 0.459 e. The van der Waals surface area contributed by atoms with E-state index in [4.69, 9.17) is 5.73 Å². The van der Waals surface area contributed by atoms with Crippen molar-refractivity contribution < 1.29 is 27.5 Å². The molecule has 1 aliphatic rings. The van der Waals surface area contributed by atoms with Crippen LogP contribution in [0.25, 0.3) is 10.9 Å². The number of alkyl halides is 3. The molecule has 0 atom stereocenters. The second-order valence-corrected chi connectivity index (χ2v) is 6.54. The van der Waals surface area contributed by atoms with E-state index in [0.29, 0.717) is 35.9 Å². The molecular weight excluding hydrogens is 351 g/mol. The van der Waals surface area contributed by atoms with Crippen molar-refractivity contribution in [2.45, 2.75) is 37.9 Å². The second-order valence-electron chi connectivity index (χ2n) is 6.54. The van der Waals surface area contributed by atoms with Crippen molar-refractivity contribution >= 4 is 28.8 Å². The van der Waals surface area contributed by atoms with E-state index < -0.39 is 12.1 Å². The minimum absolute atomic E-state index is 0.0835. The van der Waals surface area contributed by atoms with Gasteiger partial charge < -0.3 is 10.5 Å². The average Bonchev–Trinajstić information content (AvgIpc) is 3.01. The molecule has 0 aliphatic heterocycles. The number of carbonyl (C=O) groups is 2. The summed E-state index contributed by atoms with van der Waals surface area (Å²) in [6, 6.07) is 3.44. The van der Waals surface area contributed by atoms with Crippen LogP contribution < -0.4 is 5.73 Å². The van der Waals surface area contributed by atoms with Gasteiger partial charge in [0.25, 0.3) is 0 Å². The Morgan fingerprint density at radius 3 is 2.62 bits per heavy atom. The van der Waals surface area contributed by atoms with Crippen LogP contribution in [0.4, 0.5) is 18.9 Å². The van der Waals surface area contributed by atoms with Crippen molar-refractivity contribution in [2.24, 2.45) is 5.92 Å². The number of nitrogens with two attached hydrogens (primary N) is 1. The standard InChI is InChI=1S/C17H18F3N3O3/c18-17(19,20)16(25)26-9-10-1-3-13(4-2-10)23-7-11-5-14(21)12(8-24)6-15(11)22-23/h5-8,10,13H,1-4,9,21H2.